The van der Waals surface area contributed by atoms with Crippen LogP contribution in [-0.4, -0.2) is 32.3 Å². The van der Waals surface area contributed by atoms with Gasteiger partial charge in [0.2, 0.25) is 0 Å². The predicted molar refractivity (Wildman–Crippen MR) is 63.1 cm³/mol. The molecule has 1 aromatic carbocycles. The minimum Gasteiger partial charge on any atom is -0.497 e. The molecule has 5 heteroatoms. The summed E-state index contributed by atoms with van der Waals surface area (Å²) in [6.07, 6.45) is 0. The third-order valence-electron chi connectivity index (χ3n) is 2.06. The smallest absolute Gasteiger partial charge is 0.326 e. The van der Waals surface area contributed by atoms with E-state index in [1.54, 1.807) is 38.3 Å². The Kier molecular flexibility index (Phi) is 5.29. The van der Waals surface area contributed by atoms with Gasteiger partial charge in [-0.25, -0.2) is 0 Å². The van der Waals surface area contributed by atoms with Crippen molar-refractivity contribution in [1.82, 2.24) is 0 Å². The SMILES string of the molecule is CCOC(=O)C(N)COc1cccc(OC)c1. The van der Waals surface area contributed by atoms with Gasteiger partial charge in [-0.2, -0.15) is 0 Å². The molecule has 1 atom stereocenters. The van der Waals surface area contributed by atoms with Gasteiger partial charge in [-0.05, 0) is 19.1 Å². The highest BCUT2D eigenvalue weighted by Crippen LogP contribution is 2.18. The molecule has 0 saturated heterocycles. The van der Waals surface area contributed by atoms with Crippen LogP contribution in [0.4, 0.5) is 0 Å². The number of ether oxygens (including phenoxy) is 3. The molecule has 0 aliphatic carbocycles. The highest BCUT2D eigenvalue weighted by Gasteiger charge is 2.15. The number of carbonyl (C=O) groups is 1. The number of carbonyl (C=O) groups excluding carboxylic acids is 1. The van der Waals surface area contributed by atoms with Gasteiger partial charge < -0.3 is 19.9 Å². The van der Waals surface area contributed by atoms with E-state index in [1.807, 2.05) is 0 Å². The van der Waals surface area contributed by atoms with E-state index >= 15 is 0 Å². The lowest BCUT2D eigenvalue weighted by Crippen LogP contribution is -2.37. The fraction of sp³-hybridized carbons (Fsp3) is 0.417. The second-order valence-electron chi connectivity index (χ2n) is 3.35. The van der Waals surface area contributed by atoms with Crippen molar-refractivity contribution in [2.45, 2.75) is 13.0 Å². The molecule has 1 aromatic rings. The highest BCUT2D eigenvalue weighted by atomic mass is 16.5. The van der Waals surface area contributed by atoms with Gasteiger partial charge >= 0.3 is 5.97 Å². The second-order valence-corrected chi connectivity index (χ2v) is 3.35. The number of esters is 1. The summed E-state index contributed by atoms with van der Waals surface area (Å²) in [7, 11) is 1.57. The largest absolute Gasteiger partial charge is 0.497 e. The first-order valence-electron chi connectivity index (χ1n) is 5.36. The first-order valence-corrected chi connectivity index (χ1v) is 5.36. The summed E-state index contributed by atoms with van der Waals surface area (Å²) >= 11 is 0. The minimum atomic E-state index is -0.777. The number of hydrogen-bond acceptors (Lipinski definition) is 5. The third kappa shape index (κ3) is 4.32. The molecule has 0 radical (unpaired) electrons. The van der Waals surface area contributed by atoms with Crippen LogP contribution in [0.2, 0.25) is 0 Å². The van der Waals surface area contributed by atoms with Crippen LogP contribution in [0.25, 0.3) is 0 Å². The average Bonchev–Trinajstić information content (AvgIpc) is 2.36. The summed E-state index contributed by atoms with van der Waals surface area (Å²) in [5, 5.41) is 0. The Morgan fingerprint density at radius 1 is 1.41 bits per heavy atom. The van der Waals surface area contributed by atoms with Crippen LogP contribution in [0.15, 0.2) is 24.3 Å². The fourth-order valence-electron chi connectivity index (χ4n) is 1.19. The van der Waals surface area contributed by atoms with Gasteiger partial charge in [-0.1, -0.05) is 6.07 Å². The van der Waals surface area contributed by atoms with Crippen LogP contribution < -0.4 is 15.2 Å². The van der Waals surface area contributed by atoms with E-state index in [9.17, 15) is 4.79 Å². The van der Waals surface area contributed by atoms with Gasteiger partial charge in [0.25, 0.3) is 0 Å². The predicted octanol–water partition coefficient (Wildman–Crippen LogP) is 0.964. The maximum Gasteiger partial charge on any atom is 0.326 e. The van der Waals surface area contributed by atoms with Gasteiger partial charge in [0, 0.05) is 6.07 Å². The molecule has 0 aromatic heterocycles. The first-order chi connectivity index (χ1) is 8.17. The van der Waals surface area contributed by atoms with Crippen molar-refractivity contribution >= 4 is 5.97 Å². The molecule has 2 N–H and O–H groups in total. The van der Waals surface area contributed by atoms with Crippen molar-refractivity contribution in [3.05, 3.63) is 24.3 Å². The molecule has 17 heavy (non-hydrogen) atoms. The molecule has 1 rings (SSSR count). The van der Waals surface area contributed by atoms with Gasteiger partial charge in [-0.15, -0.1) is 0 Å². The lowest BCUT2D eigenvalue weighted by Gasteiger charge is -2.12. The van der Waals surface area contributed by atoms with Crippen molar-refractivity contribution in [3.8, 4) is 11.5 Å². The molecule has 94 valence electrons. The van der Waals surface area contributed by atoms with E-state index in [0.29, 0.717) is 18.1 Å². The quantitative estimate of drug-likeness (QED) is 0.749. The molecule has 0 amide bonds. The molecule has 5 nitrogen and oxygen atoms in total. The second kappa shape index (κ2) is 6.75. The van der Waals surface area contributed by atoms with E-state index in [4.69, 9.17) is 19.9 Å². The summed E-state index contributed by atoms with van der Waals surface area (Å²) in [6.45, 7) is 2.12. The minimum absolute atomic E-state index is 0.0754. The molecule has 0 heterocycles. The Balaban J connectivity index is 2.46. The summed E-state index contributed by atoms with van der Waals surface area (Å²) in [5.41, 5.74) is 5.59. The molecular weight excluding hydrogens is 222 g/mol. The topological polar surface area (TPSA) is 70.8 Å². The van der Waals surface area contributed by atoms with Crippen LogP contribution in [-0.2, 0) is 9.53 Å². The summed E-state index contributed by atoms with van der Waals surface area (Å²) in [6, 6.07) is 6.31. The van der Waals surface area contributed by atoms with Crippen molar-refractivity contribution in [2.75, 3.05) is 20.3 Å². The standard InChI is InChI=1S/C12H17NO4/c1-3-16-12(14)11(13)8-17-10-6-4-5-9(7-10)15-2/h4-7,11H,3,8,13H2,1-2H3. The highest BCUT2D eigenvalue weighted by molar-refractivity contribution is 5.75. The maximum atomic E-state index is 11.2. The van der Waals surface area contributed by atoms with E-state index in [0.717, 1.165) is 0 Å². The summed E-state index contributed by atoms with van der Waals surface area (Å²) in [4.78, 5) is 11.2. The van der Waals surface area contributed by atoms with Gasteiger partial charge in [-0.3, -0.25) is 4.79 Å². The summed E-state index contributed by atoms with van der Waals surface area (Å²) < 4.78 is 15.2. The number of methoxy groups -OCH3 is 1. The lowest BCUT2D eigenvalue weighted by molar-refractivity contribution is -0.145. The van der Waals surface area contributed by atoms with Crippen molar-refractivity contribution in [2.24, 2.45) is 5.73 Å². The van der Waals surface area contributed by atoms with Gasteiger partial charge in [0.1, 0.15) is 24.1 Å². The van der Waals surface area contributed by atoms with E-state index < -0.39 is 12.0 Å². The zero-order valence-electron chi connectivity index (χ0n) is 10.0. The lowest BCUT2D eigenvalue weighted by atomic mass is 10.3. The number of rotatable bonds is 6. The van der Waals surface area contributed by atoms with Gasteiger partial charge in [0.05, 0.1) is 13.7 Å². The number of benzene rings is 1. The third-order valence-corrected chi connectivity index (χ3v) is 2.06. The Morgan fingerprint density at radius 3 is 2.76 bits per heavy atom. The Bertz CT molecular complexity index is 367. The van der Waals surface area contributed by atoms with E-state index in [-0.39, 0.29) is 6.61 Å². The molecule has 1 unspecified atom stereocenters. The van der Waals surface area contributed by atoms with Crippen LogP contribution in [0, 0.1) is 0 Å². The molecule has 0 saturated carbocycles. The zero-order valence-corrected chi connectivity index (χ0v) is 10.0. The van der Waals surface area contributed by atoms with E-state index in [2.05, 4.69) is 0 Å². The van der Waals surface area contributed by atoms with Crippen LogP contribution in [0.1, 0.15) is 6.92 Å². The first kappa shape index (κ1) is 13.3. The normalized spacial score (nSPS) is 11.7. The van der Waals surface area contributed by atoms with Crippen LogP contribution in [0.3, 0.4) is 0 Å². The molecule has 0 aliphatic rings. The fourth-order valence-corrected chi connectivity index (χ4v) is 1.19. The average molecular weight is 239 g/mol. The van der Waals surface area contributed by atoms with Gasteiger partial charge in [0.15, 0.2) is 0 Å². The monoisotopic (exact) mass is 239 g/mol. The van der Waals surface area contributed by atoms with Crippen LogP contribution >= 0.6 is 0 Å². The molecule has 0 spiro atoms. The number of nitrogens with two attached hydrogens (primary N) is 1. The Labute approximate surface area is 100 Å². The van der Waals surface area contributed by atoms with Crippen molar-refractivity contribution in [1.29, 1.82) is 0 Å². The Morgan fingerprint density at radius 2 is 2.12 bits per heavy atom. The molecular formula is C12H17NO4. The zero-order chi connectivity index (χ0) is 12.7. The molecule has 0 fully saturated rings. The van der Waals surface area contributed by atoms with Crippen molar-refractivity contribution in [3.63, 3.8) is 0 Å². The van der Waals surface area contributed by atoms with Crippen molar-refractivity contribution < 1.29 is 19.0 Å². The maximum absolute atomic E-state index is 11.2. The van der Waals surface area contributed by atoms with Crippen LogP contribution in [0.5, 0.6) is 11.5 Å². The summed E-state index contributed by atoms with van der Waals surface area (Å²) in [5.74, 6) is 0.826. The molecule has 0 aliphatic heterocycles. The van der Waals surface area contributed by atoms with E-state index in [1.165, 1.54) is 0 Å². The number of hydrogen-bond donors (Lipinski definition) is 1. The molecule has 0 bridgehead atoms. The Hall–Kier alpha value is -1.75.